The predicted octanol–water partition coefficient (Wildman–Crippen LogP) is 1.47. The van der Waals surface area contributed by atoms with E-state index >= 15 is 0 Å². The molecule has 0 aliphatic heterocycles. The van der Waals surface area contributed by atoms with E-state index in [1.54, 1.807) is 0 Å². The summed E-state index contributed by atoms with van der Waals surface area (Å²) in [7, 11) is 1.96. The van der Waals surface area contributed by atoms with E-state index in [4.69, 9.17) is 4.74 Å². The second-order valence-electron chi connectivity index (χ2n) is 4.40. The van der Waals surface area contributed by atoms with Crippen molar-refractivity contribution < 1.29 is 4.74 Å². The molecule has 0 amide bonds. The Labute approximate surface area is 97.0 Å². The van der Waals surface area contributed by atoms with E-state index in [1.807, 2.05) is 24.0 Å². The van der Waals surface area contributed by atoms with Gasteiger partial charge in [0.05, 0.1) is 18.4 Å². The fourth-order valence-electron chi connectivity index (χ4n) is 2.14. The van der Waals surface area contributed by atoms with Gasteiger partial charge in [0.2, 0.25) is 0 Å². The summed E-state index contributed by atoms with van der Waals surface area (Å²) in [6.45, 7) is 2.61. The number of hydrogen-bond acceptors (Lipinski definition) is 3. The molecule has 90 valence electrons. The molecule has 1 aliphatic carbocycles. The minimum Gasteiger partial charge on any atom is -0.377 e. The van der Waals surface area contributed by atoms with Crippen LogP contribution in [0, 0.1) is 0 Å². The number of rotatable bonds is 6. The summed E-state index contributed by atoms with van der Waals surface area (Å²) in [5.74, 6) is 0. The average Bonchev–Trinajstić information content (AvgIpc) is 2.90. The molecular weight excluding hydrogens is 202 g/mol. The van der Waals surface area contributed by atoms with E-state index in [0.29, 0.717) is 6.10 Å². The topological polar surface area (TPSA) is 39.1 Å². The van der Waals surface area contributed by atoms with Crippen LogP contribution in [0.2, 0.25) is 0 Å². The molecule has 1 aromatic rings. The lowest BCUT2D eigenvalue weighted by atomic mass is 10.3. The summed E-state index contributed by atoms with van der Waals surface area (Å²) in [5, 5.41) is 7.49. The molecule has 4 nitrogen and oxygen atoms in total. The molecule has 0 atom stereocenters. The number of aromatic nitrogens is 2. The Balaban J connectivity index is 1.53. The van der Waals surface area contributed by atoms with E-state index in [-0.39, 0.29) is 0 Å². The van der Waals surface area contributed by atoms with Crippen molar-refractivity contribution in [2.75, 3.05) is 13.2 Å². The van der Waals surface area contributed by atoms with Crippen LogP contribution >= 0.6 is 0 Å². The molecule has 0 saturated heterocycles. The molecule has 1 heterocycles. The second-order valence-corrected chi connectivity index (χ2v) is 4.40. The minimum atomic E-state index is 0.526. The normalized spacial score (nSPS) is 17.1. The van der Waals surface area contributed by atoms with Crippen molar-refractivity contribution in [3.05, 3.63) is 18.0 Å². The molecule has 1 aromatic heterocycles. The molecule has 1 fully saturated rings. The first-order valence-electron chi connectivity index (χ1n) is 6.15. The van der Waals surface area contributed by atoms with Gasteiger partial charge < -0.3 is 10.1 Å². The zero-order chi connectivity index (χ0) is 11.2. The largest absolute Gasteiger partial charge is 0.377 e. The molecule has 0 bridgehead atoms. The Kier molecular flexibility index (Phi) is 4.36. The fraction of sp³-hybridized carbons (Fsp3) is 0.750. The predicted molar refractivity (Wildman–Crippen MR) is 63.1 cm³/mol. The van der Waals surface area contributed by atoms with Gasteiger partial charge in [-0.2, -0.15) is 5.10 Å². The highest BCUT2D eigenvalue weighted by Gasteiger charge is 2.14. The maximum Gasteiger partial charge on any atom is 0.0594 e. The Bertz CT molecular complexity index is 305. The lowest BCUT2D eigenvalue weighted by Gasteiger charge is -2.11. The van der Waals surface area contributed by atoms with E-state index in [1.165, 1.54) is 31.4 Å². The first-order valence-corrected chi connectivity index (χ1v) is 6.15. The van der Waals surface area contributed by atoms with Gasteiger partial charge in [-0.15, -0.1) is 0 Å². The van der Waals surface area contributed by atoms with Crippen LogP contribution in [0.1, 0.15) is 31.4 Å². The number of aryl methyl sites for hydroxylation is 1. The molecule has 0 radical (unpaired) electrons. The van der Waals surface area contributed by atoms with Gasteiger partial charge in [-0.05, 0) is 18.9 Å². The third kappa shape index (κ3) is 3.32. The van der Waals surface area contributed by atoms with Crippen molar-refractivity contribution in [1.82, 2.24) is 15.1 Å². The Morgan fingerprint density at radius 2 is 2.31 bits per heavy atom. The Morgan fingerprint density at radius 3 is 3.00 bits per heavy atom. The summed E-state index contributed by atoms with van der Waals surface area (Å²) in [5.41, 5.74) is 1.21. The van der Waals surface area contributed by atoms with Gasteiger partial charge in [-0.3, -0.25) is 4.68 Å². The van der Waals surface area contributed by atoms with Crippen LogP contribution in [0.3, 0.4) is 0 Å². The Hall–Kier alpha value is -0.870. The zero-order valence-electron chi connectivity index (χ0n) is 9.98. The quantitative estimate of drug-likeness (QED) is 0.742. The van der Waals surface area contributed by atoms with Gasteiger partial charge in [0.25, 0.3) is 0 Å². The summed E-state index contributed by atoms with van der Waals surface area (Å²) in [4.78, 5) is 0. The third-order valence-electron chi connectivity index (χ3n) is 3.16. The maximum atomic E-state index is 5.77. The van der Waals surface area contributed by atoms with Crippen LogP contribution in [-0.2, 0) is 18.3 Å². The van der Waals surface area contributed by atoms with Crippen molar-refractivity contribution in [1.29, 1.82) is 0 Å². The van der Waals surface area contributed by atoms with Crippen molar-refractivity contribution >= 4 is 0 Å². The summed E-state index contributed by atoms with van der Waals surface area (Å²) in [6.07, 6.45) is 7.54. The van der Waals surface area contributed by atoms with Crippen molar-refractivity contribution in [3.63, 3.8) is 0 Å². The molecule has 1 aliphatic rings. The lowest BCUT2D eigenvalue weighted by Crippen LogP contribution is -2.22. The minimum absolute atomic E-state index is 0.526. The van der Waals surface area contributed by atoms with Crippen LogP contribution in [-0.4, -0.2) is 29.0 Å². The molecule has 16 heavy (non-hydrogen) atoms. The summed E-state index contributed by atoms with van der Waals surface area (Å²) >= 11 is 0. The van der Waals surface area contributed by atoms with Crippen LogP contribution in [0.15, 0.2) is 12.3 Å². The van der Waals surface area contributed by atoms with Crippen LogP contribution in [0.4, 0.5) is 0 Å². The van der Waals surface area contributed by atoms with Crippen molar-refractivity contribution in [2.45, 2.75) is 38.3 Å². The highest BCUT2D eigenvalue weighted by atomic mass is 16.5. The van der Waals surface area contributed by atoms with E-state index in [9.17, 15) is 0 Å². The monoisotopic (exact) mass is 223 g/mol. The lowest BCUT2D eigenvalue weighted by molar-refractivity contribution is 0.0602. The molecule has 0 aromatic carbocycles. The van der Waals surface area contributed by atoms with Crippen molar-refractivity contribution in [2.24, 2.45) is 7.05 Å². The zero-order valence-corrected chi connectivity index (χ0v) is 9.98. The standard InChI is InChI=1S/C12H21N3O/c1-15-11(6-7-14-15)10-13-8-9-16-12-4-2-3-5-12/h6-7,12-13H,2-5,8-10H2,1H3. The van der Waals surface area contributed by atoms with E-state index in [0.717, 1.165) is 19.7 Å². The van der Waals surface area contributed by atoms with E-state index < -0.39 is 0 Å². The first kappa shape index (κ1) is 11.6. The molecule has 0 spiro atoms. The highest BCUT2D eigenvalue weighted by Crippen LogP contribution is 2.20. The second kappa shape index (κ2) is 6.01. The van der Waals surface area contributed by atoms with Crippen LogP contribution < -0.4 is 5.32 Å². The van der Waals surface area contributed by atoms with Gasteiger partial charge in [0.1, 0.15) is 0 Å². The highest BCUT2D eigenvalue weighted by molar-refractivity contribution is 4.98. The molecule has 4 heteroatoms. The van der Waals surface area contributed by atoms with Gasteiger partial charge in [-0.25, -0.2) is 0 Å². The number of nitrogens with zero attached hydrogens (tertiary/aromatic N) is 2. The number of hydrogen-bond donors (Lipinski definition) is 1. The maximum absolute atomic E-state index is 5.77. The Morgan fingerprint density at radius 1 is 1.50 bits per heavy atom. The first-order chi connectivity index (χ1) is 7.86. The van der Waals surface area contributed by atoms with Gasteiger partial charge >= 0.3 is 0 Å². The van der Waals surface area contributed by atoms with Gasteiger partial charge in [-0.1, -0.05) is 12.8 Å². The SMILES string of the molecule is Cn1nccc1CNCCOC1CCCC1. The van der Waals surface area contributed by atoms with Crippen LogP contribution in [0.5, 0.6) is 0 Å². The van der Waals surface area contributed by atoms with Crippen molar-refractivity contribution in [3.8, 4) is 0 Å². The molecule has 1 saturated carbocycles. The van der Waals surface area contributed by atoms with Gasteiger partial charge in [0.15, 0.2) is 0 Å². The third-order valence-corrected chi connectivity index (χ3v) is 3.16. The molecule has 2 rings (SSSR count). The molecular formula is C12H21N3O. The van der Waals surface area contributed by atoms with Gasteiger partial charge in [0, 0.05) is 26.3 Å². The number of nitrogens with one attached hydrogen (secondary N) is 1. The summed E-state index contributed by atoms with van der Waals surface area (Å²) < 4.78 is 7.66. The van der Waals surface area contributed by atoms with E-state index in [2.05, 4.69) is 10.4 Å². The van der Waals surface area contributed by atoms with Crippen LogP contribution in [0.25, 0.3) is 0 Å². The number of ether oxygens (including phenoxy) is 1. The molecule has 1 N–H and O–H groups in total. The summed E-state index contributed by atoms with van der Waals surface area (Å²) in [6, 6.07) is 2.03. The fourth-order valence-corrected chi connectivity index (χ4v) is 2.14. The molecule has 0 unspecified atom stereocenters. The average molecular weight is 223 g/mol. The smallest absolute Gasteiger partial charge is 0.0594 e.